The zero-order chi connectivity index (χ0) is 20.3. The Bertz CT molecular complexity index is 955. The van der Waals surface area contributed by atoms with E-state index in [2.05, 4.69) is 4.90 Å². The van der Waals surface area contributed by atoms with Crippen LogP contribution in [0.25, 0.3) is 0 Å². The first-order chi connectivity index (χ1) is 14.5. The third-order valence-corrected chi connectivity index (χ3v) is 8.83. The average molecular weight is 412 g/mol. The van der Waals surface area contributed by atoms with Crippen molar-refractivity contribution in [2.45, 2.75) is 67.5 Å². The number of hydrogen-bond acceptors (Lipinski definition) is 6. The molecule has 3 heterocycles. The number of fused-ring (bicyclic) bond motifs is 1. The lowest BCUT2D eigenvalue weighted by atomic mass is 9.48. The lowest BCUT2D eigenvalue weighted by Crippen LogP contribution is -2.79. The number of ether oxygens (including phenoxy) is 3. The lowest BCUT2D eigenvalue weighted by molar-refractivity contribution is -0.296. The summed E-state index contributed by atoms with van der Waals surface area (Å²) in [4.78, 5) is 14.8. The van der Waals surface area contributed by atoms with E-state index >= 15 is 0 Å². The molecule has 3 N–H and O–H groups in total. The first-order valence-corrected chi connectivity index (χ1v) is 11.4. The summed E-state index contributed by atoms with van der Waals surface area (Å²) in [5.74, 6) is -0.0402. The zero-order valence-corrected chi connectivity index (χ0v) is 17.1. The Kier molecular flexibility index (Phi) is 3.33. The van der Waals surface area contributed by atoms with Gasteiger partial charge in [-0.25, -0.2) is 0 Å². The van der Waals surface area contributed by atoms with Crippen molar-refractivity contribution in [2.24, 2.45) is 11.7 Å². The molecule has 160 valence electrons. The zero-order valence-electron chi connectivity index (χ0n) is 17.1. The summed E-state index contributed by atoms with van der Waals surface area (Å²) in [6, 6.07) is 3.87. The second kappa shape index (κ2) is 5.57. The Hall–Kier alpha value is -1.67. The number of carbonyl (C=O) groups is 1. The van der Waals surface area contributed by atoms with E-state index in [9.17, 15) is 9.90 Å². The molecule has 7 rings (SSSR count). The minimum absolute atomic E-state index is 0.0505. The van der Waals surface area contributed by atoms with Gasteiger partial charge in [0, 0.05) is 24.6 Å². The maximum absolute atomic E-state index is 12.4. The van der Waals surface area contributed by atoms with Gasteiger partial charge in [0.05, 0.1) is 29.8 Å². The predicted molar refractivity (Wildman–Crippen MR) is 106 cm³/mol. The van der Waals surface area contributed by atoms with Crippen molar-refractivity contribution in [3.05, 3.63) is 28.8 Å². The number of piperidine rings is 1. The van der Waals surface area contributed by atoms with Crippen LogP contribution in [0.3, 0.4) is 0 Å². The number of nitrogens with zero attached hydrogens (tertiary/aromatic N) is 1. The maximum atomic E-state index is 12.4. The average Bonchev–Trinajstić information content (AvgIpc) is 3.28. The highest BCUT2D eigenvalue weighted by Gasteiger charge is 2.77. The molecule has 0 aromatic heterocycles. The molecule has 1 aromatic rings. The van der Waals surface area contributed by atoms with Gasteiger partial charge in [-0.15, -0.1) is 0 Å². The number of rotatable bonds is 3. The maximum Gasteiger partial charge on any atom is 0.252 e. The Morgan fingerprint density at radius 3 is 2.73 bits per heavy atom. The summed E-state index contributed by atoms with van der Waals surface area (Å²) in [6.07, 6.45) is 4.88. The van der Waals surface area contributed by atoms with Gasteiger partial charge in [0.1, 0.15) is 5.75 Å². The summed E-state index contributed by atoms with van der Waals surface area (Å²) < 4.78 is 18.9. The first kappa shape index (κ1) is 18.0. The van der Waals surface area contributed by atoms with Crippen molar-refractivity contribution in [2.75, 3.05) is 26.3 Å². The molecule has 0 radical (unpaired) electrons. The topological polar surface area (TPSA) is 94.3 Å². The Balaban J connectivity index is 1.46. The molecule has 6 aliphatic rings. The lowest BCUT2D eigenvalue weighted by Gasteiger charge is -2.65. The van der Waals surface area contributed by atoms with Gasteiger partial charge >= 0.3 is 0 Å². The molecule has 7 heteroatoms. The molecule has 4 atom stereocenters. The number of aliphatic hydroxyl groups is 1. The van der Waals surface area contributed by atoms with Crippen LogP contribution in [0.2, 0.25) is 0 Å². The van der Waals surface area contributed by atoms with Crippen molar-refractivity contribution < 1.29 is 24.1 Å². The summed E-state index contributed by atoms with van der Waals surface area (Å²) >= 11 is 0. The molecule has 2 saturated heterocycles. The number of nitrogens with two attached hydrogens (primary N) is 1. The number of carbonyl (C=O) groups excluding carboxylic acids is 1. The molecule has 1 amide bonds. The van der Waals surface area contributed by atoms with Crippen molar-refractivity contribution in [1.82, 2.24) is 4.90 Å². The molecule has 7 nitrogen and oxygen atoms in total. The van der Waals surface area contributed by atoms with Gasteiger partial charge < -0.3 is 25.1 Å². The van der Waals surface area contributed by atoms with Gasteiger partial charge in [0.2, 0.25) is 5.79 Å². The van der Waals surface area contributed by atoms with Gasteiger partial charge in [0.25, 0.3) is 5.91 Å². The van der Waals surface area contributed by atoms with Crippen LogP contribution in [0.1, 0.15) is 53.6 Å². The number of primary amides is 1. The number of benzene rings is 1. The van der Waals surface area contributed by atoms with Crippen molar-refractivity contribution in [3.63, 3.8) is 0 Å². The summed E-state index contributed by atoms with van der Waals surface area (Å²) in [6.45, 7) is 3.03. The van der Waals surface area contributed by atoms with Gasteiger partial charge in [-0.3, -0.25) is 9.69 Å². The fourth-order valence-electron chi connectivity index (χ4n) is 7.41. The third-order valence-electron chi connectivity index (χ3n) is 8.83. The molecule has 30 heavy (non-hydrogen) atoms. The van der Waals surface area contributed by atoms with Crippen LogP contribution < -0.4 is 10.5 Å². The van der Waals surface area contributed by atoms with Crippen LogP contribution in [-0.4, -0.2) is 65.8 Å². The standard InChI is InChI=1S/C23H28N2O5/c24-19(26)15-4-3-14-11-16-22(27)5-6-23(28-9-10-29-23)20-21(22,17(14)18(15)30-20)7-8-25(16)12-13-1-2-13/h3-4,13,16,20,27H,1-2,5-12H2,(H2,24,26)/t16-,20?,21?,22?/m1/s1. The monoisotopic (exact) mass is 412 g/mol. The van der Waals surface area contributed by atoms with E-state index in [1.165, 1.54) is 18.4 Å². The summed E-state index contributed by atoms with van der Waals surface area (Å²) in [5.41, 5.74) is 6.71. The normalized spacial score (nSPS) is 40.3. The van der Waals surface area contributed by atoms with Crippen LogP contribution in [0, 0.1) is 5.92 Å². The third kappa shape index (κ3) is 1.94. The smallest absolute Gasteiger partial charge is 0.252 e. The Labute approximate surface area is 175 Å². The Morgan fingerprint density at radius 1 is 1.20 bits per heavy atom. The minimum atomic E-state index is -0.931. The molecule has 1 aromatic carbocycles. The molecule has 2 spiro atoms. The van der Waals surface area contributed by atoms with Gasteiger partial charge in [-0.2, -0.15) is 0 Å². The van der Waals surface area contributed by atoms with E-state index in [0.717, 1.165) is 37.4 Å². The molecule has 4 fully saturated rings. The van der Waals surface area contributed by atoms with Crippen LogP contribution in [0.5, 0.6) is 5.75 Å². The van der Waals surface area contributed by atoms with Crippen LogP contribution in [-0.2, 0) is 21.3 Å². The molecular formula is C23H28N2O5. The molecule has 3 unspecified atom stereocenters. The highest BCUT2D eigenvalue weighted by Crippen LogP contribution is 2.67. The van der Waals surface area contributed by atoms with Crippen LogP contribution >= 0.6 is 0 Å². The molecule has 3 aliphatic heterocycles. The van der Waals surface area contributed by atoms with Crippen LogP contribution in [0.4, 0.5) is 0 Å². The van der Waals surface area contributed by atoms with Crippen LogP contribution in [0.15, 0.2) is 12.1 Å². The second-order valence-corrected chi connectivity index (χ2v) is 10.2. The van der Waals surface area contributed by atoms with Crippen molar-refractivity contribution in [3.8, 4) is 5.75 Å². The largest absolute Gasteiger partial charge is 0.483 e. The molecule has 3 aliphatic carbocycles. The second-order valence-electron chi connectivity index (χ2n) is 10.2. The SMILES string of the molecule is NC(=O)c1ccc2c3c1OC1C4(CCC5(O)[C@@H](C2)N(CC2CC2)CCC315)OCCO4. The number of amides is 1. The van der Waals surface area contributed by atoms with Crippen molar-refractivity contribution >= 4 is 5.91 Å². The quantitative estimate of drug-likeness (QED) is 0.772. The summed E-state index contributed by atoms with van der Waals surface area (Å²) in [7, 11) is 0. The number of likely N-dealkylation sites (tertiary alicyclic amines) is 1. The van der Waals surface area contributed by atoms with E-state index in [0.29, 0.717) is 37.4 Å². The first-order valence-electron chi connectivity index (χ1n) is 11.4. The molecule has 2 bridgehead atoms. The molecular weight excluding hydrogens is 384 g/mol. The van der Waals surface area contributed by atoms with E-state index in [-0.39, 0.29) is 6.04 Å². The minimum Gasteiger partial charge on any atom is -0.483 e. The highest BCUT2D eigenvalue weighted by atomic mass is 16.8. The fraction of sp³-hybridized carbons (Fsp3) is 0.696. The fourth-order valence-corrected chi connectivity index (χ4v) is 7.41. The predicted octanol–water partition coefficient (Wildman–Crippen LogP) is 1.09. The van der Waals surface area contributed by atoms with Gasteiger partial charge in [-0.05, 0) is 56.2 Å². The molecule has 2 saturated carbocycles. The Morgan fingerprint density at radius 2 is 2.00 bits per heavy atom. The van der Waals surface area contributed by atoms with Gasteiger partial charge in [0.15, 0.2) is 6.10 Å². The van der Waals surface area contributed by atoms with E-state index in [4.69, 9.17) is 19.9 Å². The van der Waals surface area contributed by atoms with Gasteiger partial charge in [-0.1, -0.05) is 6.07 Å². The number of hydrogen-bond donors (Lipinski definition) is 2. The summed E-state index contributed by atoms with van der Waals surface area (Å²) in [5, 5.41) is 12.4. The van der Waals surface area contributed by atoms with E-state index in [1.54, 1.807) is 6.07 Å². The highest BCUT2D eigenvalue weighted by molar-refractivity contribution is 5.97. The van der Waals surface area contributed by atoms with E-state index < -0.39 is 28.8 Å². The van der Waals surface area contributed by atoms with E-state index in [1.807, 2.05) is 6.07 Å². The van der Waals surface area contributed by atoms with Crippen molar-refractivity contribution in [1.29, 1.82) is 0 Å².